The number of thiophene rings is 1. The van der Waals surface area contributed by atoms with Crippen LogP contribution in [0.25, 0.3) is 0 Å². The molecule has 0 aromatic carbocycles. The Morgan fingerprint density at radius 2 is 2.38 bits per heavy atom. The third-order valence-electron chi connectivity index (χ3n) is 3.16. The molecule has 0 bridgehead atoms. The van der Waals surface area contributed by atoms with Gasteiger partial charge in [0.15, 0.2) is 0 Å². The lowest BCUT2D eigenvalue weighted by atomic mass is 10.2. The number of rotatable bonds is 5. The Morgan fingerprint density at radius 1 is 1.62 bits per heavy atom. The first-order valence-electron chi connectivity index (χ1n) is 6.51. The molecule has 1 saturated heterocycles. The molecule has 1 amide bonds. The maximum Gasteiger partial charge on any atom is 0.317 e. The topological polar surface area (TPSA) is 70.1 Å². The number of hydrogen-bond acceptors (Lipinski definition) is 5. The second-order valence-electron chi connectivity index (χ2n) is 4.93. The number of morpholine rings is 1. The highest BCUT2D eigenvalue weighted by atomic mass is 79.9. The summed E-state index contributed by atoms with van der Waals surface area (Å²) in [4.78, 5) is 27.2. The van der Waals surface area contributed by atoms with E-state index in [1.165, 1.54) is 11.3 Å². The zero-order valence-electron chi connectivity index (χ0n) is 11.6. The van der Waals surface area contributed by atoms with E-state index in [-0.39, 0.29) is 18.6 Å². The van der Waals surface area contributed by atoms with Gasteiger partial charge in [0.2, 0.25) is 0 Å². The summed E-state index contributed by atoms with van der Waals surface area (Å²) in [5.41, 5.74) is 0. The summed E-state index contributed by atoms with van der Waals surface area (Å²) in [7, 11) is 1.73. The van der Waals surface area contributed by atoms with Gasteiger partial charge in [0.1, 0.15) is 4.88 Å². The molecule has 1 atom stereocenters. The van der Waals surface area contributed by atoms with Crippen LogP contribution in [0.2, 0.25) is 0 Å². The van der Waals surface area contributed by atoms with Crippen molar-refractivity contribution in [3.63, 3.8) is 0 Å². The Hall–Kier alpha value is -0.960. The van der Waals surface area contributed by atoms with Crippen molar-refractivity contribution >= 4 is 39.1 Å². The lowest BCUT2D eigenvalue weighted by molar-refractivity contribution is -0.138. The zero-order valence-corrected chi connectivity index (χ0v) is 14.0. The Morgan fingerprint density at radius 3 is 3.00 bits per heavy atom. The predicted octanol–water partition coefficient (Wildman–Crippen LogP) is 1.37. The zero-order chi connectivity index (χ0) is 15.4. The van der Waals surface area contributed by atoms with Gasteiger partial charge in [0.25, 0.3) is 5.91 Å². The number of carbonyl (C=O) groups excluding carboxylic acids is 1. The highest BCUT2D eigenvalue weighted by molar-refractivity contribution is 9.10. The molecule has 1 aromatic rings. The number of likely N-dealkylation sites (N-methyl/N-ethyl adjacent to an activating group) is 1. The number of amides is 1. The quantitative estimate of drug-likeness (QED) is 0.840. The number of carbonyl (C=O) groups is 2. The SMILES string of the molecule is CN(CC(=O)O)CC1CN(C(=O)c2sccc2Br)CCO1. The highest BCUT2D eigenvalue weighted by Crippen LogP contribution is 2.25. The van der Waals surface area contributed by atoms with E-state index in [1.807, 2.05) is 11.4 Å². The van der Waals surface area contributed by atoms with Crippen LogP contribution in [0.15, 0.2) is 15.9 Å². The van der Waals surface area contributed by atoms with Crippen LogP contribution in [0.4, 0.5) is 0 Å². The molecule has 0 saturated carbocycles. The summed E-state index contributed by atoms with van der Waals surface area (Å²) in [6.45, 7) is 1.96. The highest BCUT2D eigenvalue weighted by Gasteiger charge is 2.27. The predicted molar refractivity (Wildman–Crippen MR) is 82.8 cm³/mol. The standard InChI is InChI=1S/C13H17BrN2O4S/c1-15(8-11(17)18)6-9-7-16(3-4-20-9)13(19)12-10(14)2-5-21-12/h2,5,9H,3-4,6-8H2,1H3,(H,17,18). The van der Waals surface area contributed by atoms with Crippen LogP contribution in [0.3, 0.4) is 0 Å². The monoisotopic (exact) mass is 376 g/mol. The Kier molecular flexibility index (Phi) is 5.74. The Bertz CT molecular complexity index is 522. The van der Waals surface area contributed by atoms with Gasteiger partial charge >= 0.3 is 5.97 Å². The smallest absolute Gasteiger partial charge is 0.317 e. The second kappa shape index (κ2) is 7.35. The van der Waals surface area contributed by atoms with Crippen LogP contribution in [0.1, 0.15) is 9.67 Å². The fourth-order valence-corrected chi connectivity index (χ4v) is 3.76. The molecule has 1 aliphatic rings. The summed E-state index contributed by atoms with van der Waals surface area (Å²) >= 11 is 4.78. The van der Waals surface area contributed by atoms with E-state index in [1.54, 1.807) is 16.8 Å². The molecule has 1 N–H and O–H groups in total. The molecular formula is C13H17BrN2O4S. The number of aliphatic carboxylic acids is 1. The molecule has 0 spiro atoms. The van der Waals surface area contributed by atoms with Gasteiger partial charge in [-0.15, -0.1) is 11.3 Å². The van der Waals surface area contributed by atoms with Crippen molar-refractivity contribution < 1.29 is 19.4 Å². The first kappa shape index (κ1) is 16.4. The van der Waals surface area contributed by atoms with Crippen molar-refractivity contribution in [1.82, 2.24) is 9.80 Å². The van der Waals surface area contributed by atoms with Crippen molar-refractivity contribution in [1.29, 1.82) is 0 Å². The number of carboxylic acid groups (broad SMARTS) is 1. The van der Waals surface area contributed by atoms with Crippen LogP contribution >= 0.6 is 27.3 Å². The molecule has 1 unspecified atom stereocenters. The summed E-state index contributed by atoms with van der Waals surface area (Å²) in [6.07, 6.45) is -0.161. The normalized spacial score (nSPS) is 19.0. The van der Waals surface area contributed by atoms with Gasteiger partial charge in [0, 0.05) is 24.1 Å². The van der Waals surface area contributed by atoms with Crippen LogP contribution in [-0.4, -0.2) is 72.7 Å². The van der Waals surface area contributed by atoms with Crippen molar-refractivity contribution in [2.45, 2.75) is 6.10 Å². The van der Waals surface area contributed by atoms with E-state index in [4.69, 9.17) is 9.84 Å². The van der Waals surface area contributed by atoms with Gasteiger partial charge in [0.05, 0.1) is 19.3 Å². The van der Waals surface area contributed by atoms with E-state index >= 15 is 0 Å². The minimum Gasteiger partial charge on any atom is -0.480 e. The maximum atomic E-state index is 12.4. The molecule has 1 aliphatic heterocycles. The lowest BCUT2D eigenvalue weighted by Gasteiger charge is -2.34. The van der Waals surface area contributed by atoms with Crippen LogP contribution in [0.5, 0.6) is 0 Å². The fourth-order valence-electron chi connectivity index (χ4n) is 2.25. The lowest BCUT2D eigenvalue weighted by Crippen LogP contribution is -2.49. The summed E-state index contributed by atoms with van der Waals surface area (Å²) in [6, 6.07) is 1.86. The van der Waals surface area contributed by atoms with E-state index < -0.39 is 5.97 Å². The molecule has 1 fully saturated rings. The van der Waals surface area contributed by atoms with E-state index in [9.17, 15) is 9.59 Å². The number of ether oxygens (including phenoxy) is 1. The molecule has 116 valence electrons. The Balaban J connectivity index is 1.93. The molecule has 0 radical (unpaired) electrons. The first-order valence-corrected chi connectivity index (χ1v) is 8.19. The average molecular weight is 377 g/mol. The van der Waals surface area contributed by atoms with Gasteiger partial charge < -0.3 is 14.7 Å². The molecular weight excluding hydrogens is 360 g/mol. The average Bonchev–Trinajstić information content (AvgIpc) is 2.83. The number of hydrogen-bond donors (Lipinski definition) is 1. The third-order valence-corrected chi connectivity index (χ3v) is 4.98. The number of halogens is 1. The van der Waals surface area contributed by atoms with Crippen LogP contribution < -0.4 is 0 Å². The summed E-state index contributed by atoms with van der Waals surface area (Å²) in [5.74, 6) is -0.880. The second-order valence-corrected chi connectivity index (χ2v) is 6.70. The van der Waals surface area contributed by atoms with Gasteiger partial charge in [-0.1, -0.05) is 0 Å². The molecule has 21 heavy (non-hydrogen) atoms. The molecule has 8 heteroatoms. The van der Waals surface area contributed by atoms with Crippen LogP contribution in [0, 0.1) is 0 Å². The minimum absolute atomic E-state index is 0.00828. The summed E-state index contributed by atoms with van der Waals surface area (Å²) in [5, 5.41) is 10.6. The van der Waals surface area contributed by atoms with E-state index in [0.29, 0.717) is 31.1 Å². The fraction of sp³-hybridized carbons (Fsp3) is 0.538. The van der Waals surface area contributed by atoms with Crippen molar-refractivity contribution in [3.05, 3.63) is 20.8 Å². The van der Waals surface area contributed by atoms with E-state index in [2.05, 4.69) is 15.9 Å². The number of carboxylic acids is 1. The molecule has 2 rings (SSSR count). The first-order chi connectivity index (χ1) is 9.97. The van der Waals surface area contributed by atoms with Gasteiger partial charge in [-0.2, -0.15) is 0 Å². The van der Waals surface area contributed by atoms with Gasteiger partial charge in [-0.3, -0.25) is 14.5 Å². The largest absolute Gasteiger partial charge is 0.480 e. The van der Waals surface area contributed by atoms with Gasteiger partial charge in [-0.25, -0.2) is 0 Å². The van der Waals surface area contributed by atoms with Crippen molar-refractivity contribution in [2.24, 2.45) is 0 Å². The minimum atomic E-state index is -0.872. The Labute approximate surface area is 135 Å². The third kappa shape index (κ3) is 4.50. The summed E-state index contributed by atoms with van der Waals surface area (Å²) < 4.78 is 6.43. The molecule has 1 aromatic heterocycles. The maximum absolute atomic E-state index is 12.4. The van der Waals surface area contributed by atoms with Crippen LogP contribution in [-0.2, 0) is 9.53 Å². The van der Waals surface area contributed by atoms with Crippen molar-refractivity contribution in [3.8, 4) is 0 Å². The molecule has 2 heterocycles. The van der Waals surface area contributed by atoms with Crippen molar-refractivity contribution in [2.75, 3.05) is 39.8 Å². The van der Waals surface area contributed by atoms with E-state index in [0.717, 1.165) is 4.47 Å². The van der Waals surface area contributed by atoms with Gasteiger partial charge in [-0.05, 0) is 34.4 Å². The number of nitrogens with zero attached hydrogens (tertiary/aromatic N) is 2. The molecule has 6 nitrogen and oxygen atoms in total. The molecule has 0 aliphatic carbocycles.